The van der Waals surface area contributed by atoms with Crippen LogP contribution >= 0.6 is 0 Å². The van der Waals surface area contributed by atoms with Gasteiger partial charge >= 0.3 is 6.18 Å². The number of aromatic nitrogens is 3. The second-order valence-corrected chi connectivity index (χ2v) is 4.53. The minimum atomic E-state index is -4.37. The summed E-state index contributed by atoms with van der Waals surface area (Å²) in [5.41, 5.74) is -0.230. The van der Waals surface area contributed by atoms with Crippen LogP contribution in [0.15, 0.2) is 30.7 Å². The van der Waals surface area contributed by atoms with E-state index in [1.54, 1.807) is 6.20 Å². The van der Waals surface area contributed by atoms with E-state index in [9.17, 15) is 13.2 Å². The van der Waals surface area contributed by atoms with Gasteiger partial charge in [0.2, 0.25) is 0 Å². The van der Waals surface area contributed by atoms with Gasteiger partial charge in [-0.15, -0.1) is 0 Å². The van der Waals surface area contributed by atoms with Crippen molar-refractivity contribution in [3.8, 4) is 0 Å². The average molecular weight is 298 g/mol. The maximum atomic E-state index is 12.6. The summed E-state index contributed by atoms with van der Waals surface area (Å²) in [5, 5.41) is 3.21. The molecule has 2 aromatic rings. The molecule has 1 atom stereocenters. The zero-order valence-electron chi connectivity index (χ0n) is 11.9. The number of halogens is 3. The largest absolute Gasteiger partial charge is 0.417 e. The molecule has 114 valence electrons. The van der Waals surface area contributed by atoms with Crippen LogP contribution in [0.4, 0.5) is 13.2 Å². The second kappa shape index (κ2) is 6.26. The number of alkyl halides is 3. The van der Waals surface area contributed by atoms with Crippen LogP contribution in [0.25, 0.3) is 0 Å². The summed E-state index contributed by atoms with van der Waals surface area (Å²) in [5.74, 6) is 0.742. The molecule has 2 rings (SSSR count). The minimum Gasteiger partial charge on any atom is -0.334 e. The van der Waals surface area contributed by atoms with Crippen LogP contribution in [-0.4, -0.2) is 21.1 Å². The number of nitrogens with zero attached hydrogens (tertiary/aromatic N) is 3. The van der Waals surface area contributed by atoms with E-state index < -0.39 is 11.7 Å². The molecule has 0 amide bonds. The first kappa shape index (κ1) is 15.5. The van der Waals surface area contributed by atoms with Crippen molar-refractivity contribution in [1.82, 2.24) is 19.9 Å². The Morgan fingerprint density at radius 1 is 1.24 bits per heavy atom. The number of pyridine rings is 1. The topological polar surface area (TPSA) is 42.7 Å². The van der Waals surface area contributed by atoms with Crippen molar-refractivity contribution in [2.24, 2.45) is 0 Å². The molecule has 0 aliphatic heterocycles. The van der Waals surface area contributed by atoms with Crippen molar-refractivity contribution in [2.45, 2.75) is 32.6 Å². The molecule has 2 aromatic heterocycles. The van der Waals surface area contributed by atoms with Crippen molar-refractivity contribution >= 4 is 0 Å². The zero-order valence-corrected chi connectivity index (χ0v) is 11.9. The van der Waals surface area contributed by atoms with Crippen LogP contribution in [-0.2, 0) is 12.7 Å². The van der Waals surface area contributed by atoms with Crippen LogP contribution in [0.2, 0.25) is 0 Å². The van der Waals surface area contributed by atoms with Crippen LogP contribution in [0.5, 0.6) is 0 Å². The van der Waals surface area contributed by atoms with Gasteiger partial charge in [0.15, 0.2) is 0 Å². The number of hydrogen-bond donors (Lipinski definition) is 1. The highest BCUT2D eigenvalue weighted by Crippen LogP contribution is 2.29. The highest BCUT2D eigenvalue weighted by Gasteiger charge is 2.31. The normalized spacial score (nSPS) is 13.4. The van der Waals surface area contributed by atoms with Crippen LogP contribution in [0.1, 0.15) is 37.0 Å². The maximum Gasteiger partial charge on any atom is 0.417 e. The van der Waals surface area contributed by atoms with Crippen molar-refractivity contribution in [2.75, 3.05) is 6.54 Å². The Hall–Kier alpha value is -1.89. The summed E-state index contributed by atoms with van der Waals surface area (Å²) in [4.78, 5) is 8.25. The number of aryl methyl sites for hydroxylation is 1. The van der Waals surface area contributed by atoms with Gasteiger partial charge in [0, 0.05) is 25.1 Å². The first-order chi connectivity index (χ1) is 9.97. The van der Waals surface area contributed by atoms with Crippen LogP contribution < -0.4 is 5.32 Å². The zero-order chi connectivity index (χ0) is 15.5. The molecule has 0 aromatic carbocycles. The number of nitrogens with one attached hydrogen (secondary N) is 1. The lowest BCUT2D eigenvalue weighted by molar-refractivity contribution is -0.137. The fraction of sp³-hybridized carbons (Fsp3) is 0.429. The van der Waals surface area contributed by atoms with E-state index in [0.717, 1.165) is 24.6 Å². The first-order valence-electron chi connectivity index (χ1n) is 6.75. The van der Waals surface area contributed by atoms with Crippen LogP contribution in [0.3, 0.4) is 0 Å². The highest BCUT2D eigenvalue weighted by molar-refractivity contribution is 5.23. The van der Waals surface area contributed by atoms with Crippen LogP contribution in [0, 0.1) is 0 Å². The van der Waals surface area contributed by atoms with E-state index in [-0.39, 0.29) is 6.04 Å². The van der Waals surface area contributed by atoms with E-state index in [0.29, 0.717) is 12.2 Å². The predicted octanol–water partition coefficient (Wildman–Crippen LogP) is 3.02. The van der Waals surface area contributed by atoms with Gasteiger partial charge in [0.25, 0.3) is 0 Å². The molecule has 1 unspecified atom stereocenters. The van der Waals surface area contributed by atoms with E-state index in [2.05, 4.69) is 15.3 Å². The van der Waals surface area contributed by atoms with Gasteiger partial charge in [-0.2, -0.15) is 13.2 Å². The summed E-state index contributed by atoms with van der Waals surface area (Å²) in [6, 6.07) is 2.11. The molecular formula is C14H17F3N4. The molecule has 0 fully saturated rings. The molecule has 4 nitrogen and oxygen atoms in total. The van der Waals surface area contributed by atoms with Crippen molar-refractivity contribution in [3.63, 3.8) is 0 Å². The highest BCUT2D eigenvalue weighted by atomic mass is 19.4. The summed E-state index contributed by atoms with van der Waals surface area (Å²) >= 11 is 0. The smallest absolute Gasteiger partial charge is 0.334 e. The fourth-order valence-corrected chi connectivity index (χ4v) is 2.12. The molecule has 7 heteroatoms. The lowest BCUT2D eigenvalue weighted by atomic mass is 10.1. The van der Waals surface area contributed by atoms with E-state index in [4.69, 9.17) is 0 Å². The molecule has 0 spiro atoms. The molecule has 0 aliphatic carbocycles. The van der Waals surface area contributed by atoms with Gasteiger partial charge in [-0.1, -0.05) is 6.92 Å². The number of hydrogen-bond acceptors (Lipinski definition) is 3. The van der Waals surface area contributed by atoms with Crippen molar-refractivity contribution in [3.05, 3.63) is 47.8 Å². The molecule has 21 heavy (non-hydrogen) atoms. The molecular weight excluding hydrogens is 281 g/mol. The molecule has 2 heterocycles. The lowest BCUT2D eigenvalue weighted by Gasteiger charge is -2.18. The minimum absolute atomic E-state index is 0.327. The Kier molecular flexibility index (Phi) is 4.62. The second-order valence-electron chi connectivity index (χ2n) is 4.53. The molecule has 0 radical (unpaired) electrons. The third-order valence-corrected chi connectivity index (χ3v) is 3.16. The third-order valence-electron chi connectivity index (χ3n) is 3.16. The standard InChI is InChI=1S/C14H17F3N4/c1-3-18-12(13-19-7-8-21(13)4-2)11-6-5-10(9-20-11)14(15,16)17/h5-9,12,18H,3-4H2,1-2H3. The van der Waals surface area contributed by atoms with Gasteiger partial charge < -0.3 is 9.88 Å². The van der Waals surface area contributed by atoms with Gasteiger partial charge in [-0.3, -0.25) is 4.98 Å². The Balaban J connectivity index is 2.35. The Bertz CT molecular complexity index is 575. The molecule has 0 bridgehead atoms. The summed E-state index contributed by atoms with van der Waals surface area (Å²) in [6.07, 6.45) is -0.00297. The maximum absolute atomic E-state index is 12.6. The molecule has 0 aliphatic rings. The van der Waals surface area contributed by atoms with Gasteiger partial charge in [-0.25, -0.2) is 4.98 Å². The first-order valence-corrected chi connectivity index (χ1v) is 6.75. The Labute approximate surface area is 121 Å². The molecule has 0 saturated heterocycles. The summed E-state index contributed by atoms with van der Waals surface area (Å²) < 4.78 is 39.7. The van der Waals surface area contributed by atoms with Gasteiger partial charge in [-0.05, 0) is 25.6 Å². The SMILES string of the molecule is CCNC(c1ccc(C(F)(F)F)cn1)c1nccn1CC. The van der Waals surface area contributed by atoms with E-state index >= 15 is 0 Å². The average Bonchev–Trinajstić information content (AvgIpc) is 2.92. The lowest BCUT2D eigenvalue weighted by Crippen LogP contribution is -2.26. The Morgan fingerprint density at radius 3 is 2.52 bits per heavy atom. The predicted molar refractivity (Wildman–Crippen MR) is 72.7 cm³/mol. The van der Waals surface area contributed by atoms with Crippen molar-refractivity contribution in [1.29, 1.82) is 0 Å². The summed E-state index contributed by atoms with van der Waals surface area (Å²) in [7, 11) is 0. The summed E-state index contributed by atoms with van der Waals surface area (Å²) in [6.45, 7) is 5.30. The van der Waals surface area contributed by atoms with E-state index in [1.807, 2.05) is 24.6 Å². The number of imidazole rings is 1. The monoisotopic (exact) mass is 298 g/mol. The van der Waals surface area contributed by atoms with E-state index in [1.165, 1.54) is 6.07 Å². The quantitative estimate of drug-likeness (QED) is 0.922. The number of rotatable bonds is 5. The molecule has 1 N–H and O–H groups in total. The van der Waals surface area contributed by atoms with Gasteiger partial charge in [0.05, 0.1) is 11.3 Å². The fourth-order valence-electron chi connectivity index (χ4n) is 2.12. The van der Waals surface area contributed by atoms with Crippen molar-refractivity contribution < 1.29 is 13.2 Å². The molecule has 0 saturated carbocycles. The van der Waals surface area contributed by atoms with Gasteiger partial charge in [0.1, 0.15) is 11.9 Å². The third kappa shape index (κ3) is 3.41. The Morgan fingerprint density at radius 2 is 2.00 bits per heavy atom.